The van der Waals surface area contributed by atoms with E-state index in [1.165, 1.54) is 12.3 Å². The second kappa shape index (κ2) is 9.82. The van der Waals surface area contributed by atoms with Crippen LogP contribution in [0.2, 0.25) is 0 Å². The summed E-state index contributed by atoms with van der Waals surface area (Å²) in [5, 5.41) is 5.56. The Labute approximate surface area is 191 Å². The van der Waals surface area contributed by atoms with Crippen LogP contribution in [0.1, 0.15) is 33.1 Å². The fourth-order valence-electron chi connectivity index (χ4n) is 3.28. The summed E-state index contributed by atoms with van der Waals surface area (Å²) in [6.45, 7) is 4.18. The Morgan fingerprint density at radius 2 is 1.79 bits per heavy atom. The maximum Gasteiger partial charge on any atom is 0.268 e. The van der Waals surface area contributed by atoms with Crippen molar-refractivity contribution in [3.8, 4) is 5.69 Å². The van der Waals surface area contributed by atoms with Crippen LogP contribution < -0.4 is 10.6 Å². The molecule has 0 aliphatic carbocycles. The molecule has 4 rings (SSSR count). The number of hydrogen-bond acceptors (Lipinski definition) is 4. The van der Waals surface area contributed by atoms with Gasteiger partial charge in [0.2, 0.25) is 0 Å². The molecule has 2 aromatic heterocycles. The van der Waals surface area contributed by atoms with Gasteiger partial charge < -0.3 is 19.6 Å². The molecule has 0 radical (unpaired) electrons. The summed E-state index contributed by atoms with van der Waals surface area (Å²) < 4.78 is 7.30. The van der Waals surface area contributed by atoms with E-state index in [2.05, 4.69) is 15.6 Å². The van der Waals surface area contributed by atoms with Crippen molar-refractivity contribution in [3.63, 3.8) is 0 Å². The lowest BCUT2D eigenvalue weighted by Gasteiger charge is -2.12. The standard InChI is InChI=1S/C26H24N4O3/c1-18-5-9-21(10-6-18)25(31)29-24(16-23-4-3-15-33-23)26(32)28-17-20-7-11-22(12-8-20)30-14-13-27-19(30)2/h3-16H,17H2,1-2H3,(H,28,32)(H,29,31)/b24-16-. The summed E-state index contributed by atoms with van der Waals surface area (Å²) in [6, 6.07) is 18.4. The van der Waals surface area contributed by atoms with Crippen LogP contribution in [0, 0.1) is 13.8 Å². The van der Waals surface area contributed by atoms with Gasteiger partial charge in [-0.25, -0.2) is 4.98 Å². The first-order chi connectivity index (χ1) is 16.0. The molecule has 2 aromatic carbocycles. The van der Waals surface area contributed by atoms with Crippen LogP contribution >= 0.6 is 0 Å². The van der Waals surface area contributed by atoms with E-state index in [1.807, 2.05) is 61.0 Å². The third-order valence-corrected chi connectivity index (χ3v) is 5.13. The largest absolute Gasteiger partial charge is 0.465 e. The van der Waals surface area contributed by atoms with Gasteiger partial charge in [-0.15, -0.1) is 0 Å². The summed E-state index contributed by atoms with van der Waals surface area (Å²) >= 11 is 0. The fraction of sp³-hybridized carbons (Fsp3) is 0.115. The maximum atomic E-state index is 12.9. The van der Waals surface area contributed by atoms with Crippen molar-refractivity contribution in [2.24, 2.45) is 0 Å². The van der Waals surface area contributed by atoms with Crippen molar-refractivity contribution in [2.75, 3.05) is 0 Å². The molecule has 0 saturated heterocycles. The van der Waals surface area contributed by atoms with E-state index in [1.54, 1.807) is 30.5 Å². The minimum absolute atomic E-state index is 0.0983. The summed E-state index contributed by atoms with van der Waals surface area (Å²) in [4.78, 5) is 29.8. The first kappa shape index (κ1) is 21.8. The second-order valence-corrected chi connectivity index (χ2v) is 7.59. The molecule has 33 heavy (non-hydrogen) atoms. The molecule has 0 saturated carbocycles. The van der Waals surface area contributed by atoms with Crippen LogP contribution in [0.25, 0.3) is 11.8 Å². The molecular weight excluding hydrogens is 416 g/mol. The Morgan fingerprint density at radius 3 is 2.42 bits per heavy atom. The van der Waals surface area contributed by atoms with Gasteiger partial charge in [-0.3, -0.25) is 9.59 Å². The SMILES string of the molecule is Cc1ccc(C(=O)N/C(=C\c2ccco2)C(=O)NCc2ccc(-n3ccnc3C)cc2)cc1. The molecule has 2 amide bonds. The van der Waals surface area contributed by atoms with Gasteiger partial charge in [0.15, 0.2) is 0 Å². The summed E-state index contributed by atoms with van der Waals surface area (Å²) in [7, 11) is 0. The highest BCUT2D eigenvalue weighted by molar-refractivity contribution is 6.05. The van der Waals surface area contributed by atoms with Crippen molar-refractivity contribution < 1.29 is 14.0 Å². The van der Waals surface area contributed by atoms with E-state index >= 15 is 0 Å². The van der Waals surface area contributed by atoms with Crippen molar-refractivity contribution in [3.05, 3.63) is 113 Å². The Kier molecular flexibility index (Phi) is 6.50. The lowest BCUT2D eigenvalue weighted by molar-refractivity contribution is -0.117. The molecule has 0 aliphatic heterocycles. The number of carbonyl (C=O) groups is 2. The number of hydrogen-bond donors (Lipinski definition) is 2. The average Bonchev–Trinajstić information content (AvgIpc) is 3.49. The Balaban J connectivity index is 1.45. The first-order valence-corrected chi connectivity index (χ1v) is 10.5. The van der Waals surface area contributed by atoms with Crippen molar-refractivity contribution in [2.45, 2.75) is 20.4 Å². The first-order valence-electron chi connectivity index (χ1n) is 10.5. The predicted octanol–water partition coefficient (Wildman–Crippen LogP) is 4.17. The highest BCUT2D eigenvalue weighted by Gasteiger charge is 2.15. The number of nitrogens with zero attached hydrogens (tertiary/aromatic N) is 2. The van der Waals surface area contributed by atoms with Gasteiger partial charge in [0.25, 0.3) is 11.8 Å². The van der Waals surface area contributed by atoms with Crippen molar-refractivity contribution >= 4 is 17.9 Å². The molecule has 7 heteroatoms. The van der Waals surface area contributed by atoms with Crippen LogP contribution in [-0.2, 0) is 11.3 Å². The lowest BCUT2D eigenvalue weighted by atomic mass is 10.1. The normalized spacial score (nSPS) is 11.3. The van der Waals surface area contributed by atoms with Crippen LogP contribution in [0.4, 0.5) is 0 Å². The van der Waals surface area contributed by atoms with E-state index in [0.29, 0.717) is 17.9 Å². The number of carbonyl (C=O) groups excluding carboxylic acids is 2. The van der Waals surface area contributed by atoms with Crippen molar-refractivity contribution in [1.29, 1.82) is 0 Å². The van der Waals surface area contributed by atoms with Crippen LogP contribution in [0.3, 0.4) is 0 Å². The van der Waals surface area contributed by atoms with Gasteiger partial charge in [-0.1, -0.05) is 29.8 Å². The Bertz CT molecular complexity index is 1270. The number of aryl methyl sites for hydroxylation is 2. The van der Waals surface area contributed by atoms with E-state index in [-0.39, 0.29) is 11.6 Å². The van der Waals surface area contributed by atoms with E-state index < -0.39 is 5.91 Å². The molecule has 4 aromatic rings. The predicted molar refractivity (Wildman–Crippen MR) is 125 cm³/mol. The number of furan rings is 1. The quantitative estimate of drug-likeness (QED) is 0.422. The van der Waals surface area contributed by atoms with E-state index in [0.717, 1.165) is 22.6 Å². The molecular formula is C26H24N4O3. The highest BCUT2D eigenvalue weighted by atomic mass is 16.3. The number of imidazole rings is 1. The summed E-state index contributed by atoms with van der Waals surface area (Å²) in [6.07, 6.45) is 6.66. The Morgan fingerprint density at radius 1 is 1.03 bits per heavy atom. The maximum absolute atomic E-state index is 12.9. The number of amides is 2. The zero-order valence-electron chi connectivity index (χ0n) is 18.4. The molecule has 0 fully saturated rings. The molecule has 2 heterocycles. The van der Waals surface area contributed by atoms with Gasteiger partial charge in [-0.2, -0.15) is 0 Å². The Hall–Kier alpha value is -4.39. The van der Waals surface area contributed by atoms with E-state index in [9.17, 15) is 9.59 Å². The number of rotatable bonds is 7. The molecule has 0 atom stereocenters. The van der Waals surface area contributed by atoms with Crippen molar-refractivity contribution in [1.82, 2.24) is 20.2 Å². The van der Waals surface area contributed by atoms with E-state index in [4.69, 9.17) is 4.42 Å². The monoisotopic (exact) mass is 440 g/mol. The van der Waals surface area contributed by atoms with Gasteiger partial charge in [-0.05, 0) is 55.8 Å². The second-order valence-electron chi connectivity index (χ2n) is 7.59. The number of nitrogens with one attached hydrogen (secondary N) is 2. The molecule has 0 unspecified atom stereocenters. The summed E-state index contributed by atoms with van der Waals surface area (Å²) in [5.41, 5.74) is 3.52. The molecule has 166 valence electrons. The molecule has 0 bridgehead atoms. The molecule has 0 aliphatic rings. The third kappa shape index (κ3) is 5.46. The molecule has 0 spiro atoms. The minimum Gasteiger partial charge on any atom is -0.465 e. The van der Waals surface area contributed by atoms with Crippen LogP contribution in [-0.4, -0.2) is 21.4 Å². The minimum atomic E-state index is -0.415. The fourth-order valence-corrected chi connectivity index (χ4v) is 3.28. The van der Waals surface area contributed by atoms with Crippen LogP contribution in [0.15, 0.2) is 89.4 Å². The van der Waals surface area contributed by atoms with Gasteiger partial charge >= 0.3 is 0 Å². The smallest absolute Gasteiger partial charge is 0.268 e. The third-order valence-electron chi connectivity index (χ3n) is 5.13. The number of benzene rings is 2. The zero-order valence-corrected chi connectivity index (χ0v) is 18.4. The summed E-state index contributed by atoms with van der Waals surface area (Å²) in [5.74, 6) is 0.571. The van der Waals surface area contributed by atoms with Gasteiger partial charge in [0.1, 0.15) is 17.3 Å². The van der Waals surface area contributed by atoms with Crippen LogP contribution in [0.5, 0.6) is 0 Å². The average molecular weight is 441 g/mol. The van der Waals surface area contributed by atoms with Gasteiger partial charge in [0, 0.05) is 36.3 Å². The topological polar surface area (TPSA) is 89.2 Å². The highest BCUT2D eigenvalue weighted by Crippen LogP contribution is 2.13. The van der Waals surface area contributed by atoms with Gasteiger partial charge in [0.05, 0.1) is 6.26 Å². The zero-order chi connectivity index (χ0) is 23.2. The lowest BCUT2D eigenvalue weighted by Crippen LogP contribution is -2.34. The number of aromatic nitrogens is 2. The molecule has 2 N–H and O–H groups in total. The molecule has 7 nitrogen and oxygen atoms in total.